The number of aromatic nitrogens is 3. The molecular weight excluding hydrogens is 248 g/mol. The Hall–Kier alpha value is -2.62. The Kier molecular flexibility index (Phi) is 3.21. The van der Waals surface area contributed by atoms with Crippen LogP contribution in [0, 0.1) is 13.8 Å². The molecule has 4 heteroatoms. The third-order valence-electron chi connectivity index (χ3n) is 3.17. The summed E-state index contributed by atoms with van der Waals surface area (Å²) in [4.78, 5) is 0. The van der Waals surface area contributed by atoms with Crippen molar-refractivity contribution in [3.05, 3.63) is 66.0 Å². The van der Waals surface area contributed by atoms with Gasteiger partial charge in [-0.3, -0.25) is 4.57 Å². The highest BCUT2D eigenvalue weighted by molar-refractivity contribution is 5.55. The average Bonchev–Trinajstić information content (AvgIpc) is 2.90. The first-order chi connectivity index (χ1) is 9.72. The summed E-state index contributed by atoms with van der Waals surface area (Å²) in [7, 11) is 0. The smallest absolute Gasteiger partial charge is 0.233 e. The van der Waals surface area contributed by atoms with E-state index in [1.807, 2.05) is 16.7 Å². The van der Waals surface area contributed by atoms with E-state index < -0.39 is 0 Å². The first kappa shape index (κ1) is 12.4. The fraction of sp³-hybridized carbons (Fsp3) is 0.125. The standard InChI is InChI=1S/C16H16N4/c1-12-3-7-14(8-4-12)18-16-19-17-11-20(16)15-9-5-13(2)6-10-15/h3-11H,1-2H3,(H,18,19). The van der Waals surface area contributed by atoms with Crippen LogP contribution < -0.4 is 5.32 Å². The second-order valence-electron chi connectivity index (χ2n) is 4.85. The number of aryl methyl sites for hydroxylation is 2. The molecule has 20 heavy (non-hydrogen) atoms. The zero-order chi connectivity index (χ0) is 13.9. The molecule has 0 fully saturated rings. The minimum absolute atomic E-state index is 0.706. The lowest BCUT2D eigenvalue weighted by Gasteiger charge is -2.09. The highest BCUT2D eigenvalue weighted by Gasteiger charge is 2.06. The average molecular weight is 264 g/mol. The van der Waals surface area contributed by atoms with E-state index in [2.05, 4.69) is 65.8 Å². The fourth-order valence-corrected chi connectivity index (χ4v) is 1.98. The molecule has 0 aliphatic carbocycles. The molecule has 0 aliphatic rings. The van der Waals surface area contributed by atoms with Gasteiger partial charge in [0.25, 0.3) is 0 Å². The van der Waals surface area contributed by atoms with Crippen LogP contribution in [0.2, 0.25) is 0 Å². The molecule has 3 rings (SSSR count). The Labute approximate surface area is 118 Å². The molecule has 0 saturated carbocycles. The van der Waals surface area contributed by atoms with E-state index in [-0.39, 0.29) is 0 Å². The number of nitrogens with one attached hydrogen (secondary N) is 1. The molecule has 0 atom stereocenters. The normalized spacial score (nSPS) is 10.5. The third kappa shape index (κ3) is 2.54. The number of hydrogen-bond acceptors (Lipinski definition) is 3. The van der Waals surface area contributed by atoms with Crippen LogP contribution in [0.3, 0.4) is 0 Å². The van der Waals surface area contributed by atoms with Gasteiger partial charge >= 0.3 is 0 Å². The first-order valence-electron chi connectivity index (χ1n) is 6.53. The van der Waals surface area contributed by atoms with Gasteiger partial charge in [-0.1, -0.05) is 35.4 Å². The maximum absolute atomic E-state index is 4.13. The summed E-state index contributed by atoms with van der Waals surface area (Å²) < 4.78 is 1.93. The largest absolute Gasteiger partial charge is 0.324 e. The predicted molar refractivity (Wildman–Crippen MR) is 80.6 cm³/mol. The van der Waals surface area contributed by atoms with E-state index >= 15 is 0 Å². The van der Waals surface area contributed by atoms with Crippen molar-refractivity contribution < 1.29 is 0 Å². The molecule has 2 aromatic carbocycles. The summed E-state index contributed by atoms with van der Waals surface area (Å²) in [6.45, 7) is 4.14. The van der Waals surface area contributed by atoms with Crippen LogP contribution in [-0.2, 0) is 0 Å². The molecule has 100 valence electrons. The summed E-state index contributed by atoms with van der Waals surface area (Å²) in [5.74, 6) is 0.706. The van der Waals surface area contributed by atoms with Crippen LogP contribution in [0.15, 0.2) is 54.9 Å². The monoisotopic (exact) mass is 264 g/mol. The summed E-state index contributed by atoms with van der Waals surface area (Å²) >= 11 is 0. The zero-order valence-electron chi connectivity index (χ0n) is 11.5. The molecule has 0 spiro atoms. The van der Waals surface area contributed by atoms with Crippen molar-refractivity contribution in [1.82, 2.24) is 14.8 Å². The quantitative estimate of drug-likeness (QED) is 0.785. The molecular formula is C16H16N4. The highest BCUT2D eigenvalue weighted by Crippen LogP contribution is 2.18. The Bertz CT molecular complexity index is 696. The van der Waals surface area contributed by atoms with Crippen LogP contribution in [0.25, 0.3) is 5.69 Å². The Morgan fingerprint density at radius 3 is 2.10 bits per heavy atom. The number of hydrogen-bond donors (Lipinski definition) is 1. The Morgan fingerprint density at radius 2 is 1.45 bits per heavy atom. The molecule has 1 aromatic heterocycles. The van der Waals surface area contributed by atoms with Gasteiger partial charge in [0.2, 0.25) is 5.95 Å². The summed E-state index contributed by atoms with van der Waals surface area (Å²) in [6, 6.07) is 16.4. The van der Waals surface area contributed by atoms with Gasteiger partial charge in [-0.2, -0.15) is 0 Å². The molecule has 4 nitrogen and oxygen atoms in total. The van der Waals surface area contributed by atoms with Gasteiger partial charge in [-0.05, 0) is 38.1 Å². The lowest BCUT2D eigenvalue weighted by Crippen LogP contribution is -2.01. The van der Waals surface area contributed by atoms with Crippen molar-refractivity contribution in [3.63, 3.8) is 0 Å². The van der Waals surface area contributed by atoms with Crippen molar-refractivity contribution in [2.24, 2.45) is 0 Å². The van der Waals surface area contributed by atoms with Gasteiger partial charge < -0.3 is 5.32 Å². The minimum Gasteiger partial charge on any atom is -0.324 e. The van der Waals surface area contributed by atoms with E-state index in [4.69, 9.17) is 0 Å². The van der Waals surface area contributed by atoms with Crippen molar-refractivity contribution in [2.45, 2.75) is 13.8 Å². The molecule has 0 saturated heterocycles. The molecule has 1 heterocycles. The van der Waals surface area contributed by atoms with Crippen molar-refractivity contribution >= 4 is 11.6 Å². The summed E-state index contributed by atoms with van der Waals surface area (Å²) in [5.41, 5.74) is 4.50. The van der Waals surface area contributed by atoms with Gasteiger partial charge in [-0.15, -0.1) is 10.2 Å². The second-order valence-corrected chi connectivity index (χ2v) is 4.85. The zero-order valence-corrected chi connectivity index (χ0v) is 11.5. The van der Waals surface area contributed by atoms with Gasteiger partial charge in [0.1, 0.15) is 6.33 Å². The summed E-state index contributed by atoms with van der Waals surface area (Å²) in [5, 5.41) is 11.4. The Morgan fingerprint density at radius 1 is 0.850 bits per heavy atom. The van der Waals surface area contributed by atoms with Gasteiger partial charge in [0.05, 0.1) is 5.69 Å². The van der Waals surface area contributed by atoms with Crippen LogP contribution >= 0.6 is 0 Å². The predicted octanol–water partition coefficient (Wildman–Crippen LogP) is 3.63. The van der Waals surface area contributed by atoms with Crippen LogP contribution in [0.1, 0.15) is 11.1 Å². The number of benzene rings is 2. The van der Waals surface area contributed by atoms with Gasteiger partial charge in [0.15, 0.2) is 0 Å². The second kappa shape index (κ2) is 5.17. The fourth-order valence-electron chi connectivity index (χ4n) is 1.98. The van der Waals surface area contributed by atoms with Crippen molar-refractivity contribution in [3.8, 4) is 5.69 Å². The summed E-state index contributed by atoms with van der Waals surface area (Å²) in [6.07, 6.45) is 1.71. The molecule has 0 amide bonds. The maximum Gasteiger partial charge on any atom is 0.233 e. The lowest BCUT2D eigenvalue weighted by atomic mass is 10.2. The molecule has 0 radical (unpaired) electrons. The molecule has 0 bridgehead atoms. The molecule has 0 aliphatic heterocycles. The minimum atomic E-state index is 0.706. The van der Waals surface area contributed by atoms with E-state index in [9.17, 15) is 0 Å². The number of anilines is 2. The van der Waals surface area contributed by atoms with Crippen molar-refractivity contribution in [2.75, 3.05) is 5.32 Å². The van der Waals surface area contributed by atoms with Crippen LogP contribution in [-0.4, -0.2) is 14.8 Å². The van der Waals surface area contributed by atoms with E-state index in [1.165, 1.54) is 11.1 Å². The van der Waals surface area contributed by atoms with E-state index in [1.54, 1.807) is 6.33 Å². The van der Waals surface area contributed by atoms with Crippen molar-refractivity contribution in [1.29, 1.82) is 0 Å². The van der Waals surface area contributed by atoms with Gasteiger partial charge in [0, 0.05) is 5.69 Å². The van der Waals surface area contributed by atoms with Crippen LogP contribution in [0.5, 0.6) is 0 Å². The van der Waals surface area contributed by atoms with Gasteiger partial charge in [-0.25, -0.2) is 0 Å². The number of rotatable bonds is 3. The topological polar surface area (TPSA) is 42.7 Å². The number of nitrogens with zero attached hydrogens (tertiary/aromatic N) is 3. The Balaban J connectivity index is 1.90. The molecule has 1 N–H and O–H groups in total. The lowest BCUT2D eigenvalue weighted by molar-refractivity contribution is 1.06. The van der Waals surface area contributed by atoms with E-state index in [0.29, 0.717) is 5.95 Å². The highest BCUT2D eigenvalue weighted by atomic mass is 15.3. The van der Waals surface area contributed by atoms with Crippen LogP contribution in [0.4, 0.5) is 11.6 Å². The first-order valence-corrected chi connectivity index (χ1v) is 6.53. The molecule has 3 aromatic rings. The maximum atomic E-state index is 4.13. The van der Waals surface area contributed by atoms with E-state index in [0.717, 1.165) is 11.4 Å². The SMILES string of the molecule is Cc1ccc(Nc2nncn2-c2ccc(C)cc2)cc1. The molecule has 0 unspecified atom stereocenters. The third-order valence-corrected chi connectivity index (χ3v) is 3.17.